The van der Waals surface area contributed by atoms with Crippen LogP contribution in [0.5, 0.6) is 0 Å². The second kappa shape index (κ2) is 18.2. The summed E-state index contributed by atoms with van der Waals surface area (Å²) in [5.74, 6) is -3.23. The highest BCUT2D eigenvalue weighted by Crippen LogP contribution is 2.67. The molecule has 5 amide bonds. The number of urea groups is 1. The molecule has 2 aliphatic heterocycles. The number of allylic oxidation sites excluding steroid dienone is 1. The minimum atomic E-state index is -5.55. The molecule has 0 radical (unpaired) electrons. The lowest BCUT2D eigenvalue weighted by Gasteiger charge is -2.28. The third-order valence-corrected chi connectivity index (χ3v) is 11.0. The zero-order valence-electron chi connectivity index (χ0n) is 33.4. The fourth-order valence-electron chi connectivity index (χ4n) is 5.98. The summed E-state index contributed by atoms with van der Waals surface area (Å²) >= 11 is 0. The molecular formula is C39H50F2N5O11P. The molecule has 5 N–H and O–H groups in total. The van der Waals surface area contributed by atoms with Gasteiger partial charge in [-0.25, -0.2) is 4.79 Å². The third kappa shape index (κ3) is 10.8. The SMILES string of the molecule is CC(=CC(=O)NC1CCc2cccc3c2N(C1=O)C(C(=O)NCCNC(N)=O)C3)c1ccc(C(F)(F)P(=O)(OCOC(=O)C(C)(C)C)OCOC(=O)C(C)(C)C)cc1. The molecular weight excluding hydrogens is 783 g/mol. The standard InChI is InChI=1S/C39H50F2N5O11P/c1-23(19-30(47)45-28-16-13-25-9-8-10-26-20-29(46(31(25)26)33(28)49)32(48)43-17-18-44-36(42)52)24-11-14-27(15-12-24)39(40,41)58(53,56-21-54-34(50)37(2,3)4)57-22-55-35(51)38(5,6)7/h8-12,14-15,19,28-29H,13,16-18,20-22H2,1-7H3,(H,43,48)(H,45,47)(H3,42,44,52). The Morgan fingerprint density at radius 1 is 0.879 bits per heavy atom. The summed E-state index contributed by atoms with van der Waals surface area (Å²) in [4.78, 5) is 77.3. The molecule has 58 heavy (non-hydrogen) atoms. The van der Waals surface area contributed by atoms with Crippen molar-refractivity contribution in [2.45, 2.75) is 85.5 Å². The van der Waals surface area contributed by atoms with Gasteiger partial charge >= 0.3 is 31.2 Å². The largest absolute Gasteiger partial charge is 0.438 e. The maximum atomic E-state index is 16.0. The number of carbonyl (C=O) groups is 6. The number of rotatable bonds is 15. The van der Waals surface area contributed by atoms with Gasteiger partial charge in [0.2, 0.25) is 31.3 Å². The van der Waals surface area contributed by atoms with Gasteiger partial charge in [0, 0.05) is 31.1 Å². The van der Waals surface area contributed by atoms with E-state index in [4.69, 9.17) is 24.3 Å². The lowest BCUT2D eigenvalue weighted by atomic mass is 9.98. The number of primary amides is 1. The van der Waals surface area contributed by atoms with Crippen LogP contribution in [0.25, 0.3) is 5.57 Å². The molecule has 2 aromatic carbocycles. The normalized spacial score (nSPS) is 17.2. The Hall–Kier alpha value is -5.19. The van der Waals surface area contributed by atoms with Crippen molar-refractivity contribution in [2.75, 3.05) is 31.6 Å². The summed E-state index contributed by atoms with van der Waals surface area (Å²) in [5, 5.41) is 7.81. The molecule has 2 heterocycles. The number of carbonyl (C=O) groups excluding carboxylic acids is 6. The van der Waals surface area contributed by atoms with Crippen molar-refractivity contribution in [3.63, 3.8) is 0 Å². The number of hydrogen-bond donors (Lipinski definition) is 4. The zero-order valence-corrected chi connectivity index (χ0v) is 34.3. The first-order valence-electron chi connectivity index (χ1n) is 18.4. The summed E-state index contributed by atoms with van der Waals surface area (Å²) in [6.45, 7) is 8.50. The number of para-hydroxylation sites is 1. The fraction of sp³-hybridized carbons (Fsp3) is 0.487. The van der Waals surface area contributed by atoms with Gasteiger partial charge in [0.05, 0.1) is 16.5 Å². The number of halogens is 2. The predicted octanol–water partition coefficient (Wildman–Crippen LogP) is 4.63. The molecule has 2 aromatic rings. The minimum Gasteiger partial charge on any atom is -0.438 e. The number of aryl methyl sites for hydroxylation is 1. The third-order valence-electron chi connectivity index (χ3n) is 9.18. The van der Waals surface area contributed by atoms with E-state index in [1.807, 2.05) is 18.2 Å². The van der Waals surface area contributed by atoms with E-state index in [-0.39, 0.29) is 25.9 Å². The second-order valence-electron chi connectivity index (χ2n) is 15.8. The highest BCUT2D eigenvalue weighted by atomic mass is 31.2. The molecule has 0 fully saturated rings. The summed E-state index contributed by atoms with van der Waals surface area (Å²) in [6.07, 6.45) is 2.11. The molecule has 4 rings (SSSR count). The van der Waals surface area contributed by atoms with Crippen molar-refractivity contribution in [1.29, 1.82) is 0 Å². The quantitative estimate of drug-likeness (QED) is 0.0637. The molecule has 19 heteroatoms. The molecule has 16 nitrogen and oxygen atoms in total. The number of alkyl halides is 2. The number of nitrogens with one attached hydrogen (secondary N) is 3. The molecule has 2 unspecified atom stereocenters. The average Bonchev–Trinajstić information content (AvgIpc) is 3.48. The number of benzene rings is 2. The molecule has 0 saturated carbocycles. The number of ether oxygens (including phenoxy) is 2. The molecule has 2 aliphatic rings. The van der Waals surface area contributed by atoms with E-state index < -0.39 is 91.0 Å². The second-order valence-corrected chi connectivity index (χ2v) is 17.9. The van der Waals surface area contributed by atoms with Crippen molar-refractivity contribution < 1.29 is 60.6 Å². The van der Waals surface area contributed by atoms with E-state index in [0.29, 0.717) is 23.2 Å². The van der Waals surface area contributed by atoms with Crippen LogP contribution < -0.4 is 26.6 Å². The number of nitrogens with two attached hydrogens (primary N) is 1. The number of anilines is 1. The number of esters is 2. The zero-order chi connectivity index (χ0) is 43.2. The molecule has 2 atom stereocenters. The maximum Gasteiger partial charge on any atom is 0.410 e. The summed E-state index contributed by atoms with van der Waals surface area (Å²) in [6, 6.07) is 7.26. The van der Waals surface area contributed by atoms with Crippen LogP contribution in [0, 0.1) is 10.8 Å². The molecule has 0 aromatic heterocycles. The van der Waals surface area contributed by atoms with Gasteiger partial charge in [-0.3, -0.25) is 42.5 Å². The van der Waals surface area contributed by atoms with Crippen LogP contribution in [0.1, 0.15) is 77.1 Å². The van der Waals surface area contributed by atoms with Crippen molar-refractivity contribution in [3.8, 4) is 0 Å². The molecule has 0 bridgehead atoms. The highest BCUT2D eigenvalue weighted by molar-refractivity contribution is 7.54. The van der Waals surface area contributed by atoms with Crippen LogP contribution >= 0.6 is 7.60 Å². The van der Waals surface area contributed by atoms with E-state index in [0.717, 1.165) is 23.3 Å². The Labute approximate surface area is 335 Å². The van der Waals surface area contributed by atoms with E-state index in [9.17, 15) is 33.3 Å². The van der Waals surface area contributed by atoms with E-state index in [1.165, 1.54) is 64.7 Å². The van der Waals surface area contributed by atoms with Gasteiger partial charge in [0.1, 0.15) is 12.1 Å². The summed E-state index contributed by atoms with van der Waals surface area (Å²) < 4.78 is 65.2. The Kier molecular flexibility index (Phi) is 14.3. The van der Waals surface area contributed by atoms with Crippen LogP contribution in [0.15, 0.2) is 48.5 Å². The molecule has 316 valence electrons. The van der Waals surface area contributed by atoms with Crippen LogP contribution in [-0.4, -0.2) is 74.5 Å². The number of hydrogen-bond acceptors (Lipinski definition) is 11. The average molecular weight is 834 g/mol. The Bertz CT molecular complexity index is 1960. The smallest absolute Gasteiger partial charge is 0.410 e. The van der Waals surface area contributed by atoms with Gasteiger partial charge in [0.15, 0.2) is 0 Å². The Morgan fingerprint density at radius 3 is 1.98 bits per heavy atom. The van der Waals surface area contributed by atoms with Crippen LogP contribution in [0.3, 0.4) is 0 Å². The minimum absolute atomic E-state index is 0.0802. The van der Waals surface area contributed by atoms with Crippen molar-refractivity contribution >= 4 is 54.5 Å². The number of nitrogens with zero attached hydrogens (tertiary/aromatic N) is 1. The lowest BCUT2D eigenvalue weighted by Crippen LogP contribution is -2.54. The van der Waals surface area contributed by atoms with Gasteiger partial charge in [0.25, 0.3) is 0 Å². The van der Waals surface area contributed by atoms with Gasteiger partial charge in [-0.1, -0.05) is 42.5 Å². The van der Waals surface area contributed by atoms with Gasteiger partial charge in [-0.2, -0.15) is 8.78 Å². The first kappa shape index (κ1) is 45.5. The first-order chi connectivity index (χ1) is 27.0. The van der Waals surface area contributed by atoms with Gasteiger partial charge in [-0.05, 0) is 83.6 Å². The predicted molar refractivity (Wildman–Crippen MR) is 207 cm³/mol. The molecule has 0 saturated heterocycles. The fourth-order valence-corrected chi connectivity index (χ4v) is 7.23. The number of amides is 5. The van der Waals surface area contributed by atoms with E-state index in [2.05, 4.69) is 16.0 Å². The van der Waals surface area contributed by atoms with Crippen LogP contribution in [0.2, 0.25) is 0 Å². The van der Waals surface area contributed by atoms with Crippen LogP contribution in [-0.2, 0) is 65.6 Å². The van der Waals surface area contributed by atoms with Crippen molar-refractivity contribution in [1.82, 2.24) is 16.0 Å². The lowest BCUT2D eigenvalue weighted by molar-refractivity contribution is -0.163. The molecule has 0 spiro atoms. The van der Waals surface area contributed by atoms with E-state index in [1.54, 1.807) is 6.92 Å². The Morgan fingerprint density at radius 2 is 1.43 bits per heavy atom. The Balaban J connectivity index is 1.48. The monoisotopic (exact) mass is 833 g/mol. The first-order valence-corrected chi connectivity index (χ1v) is 20.0. The highest BCUT2D eigenvalue weighted by Gasteiger charge is 2.56. The molecule has 0 aliphatic carbocycles. The van der Waals surface area contributed by atoms with Crippen LogP contribution in [0.4, 0.5) is 19.3 Å². The topological polar surface area (TPSA) is 222 Å². The van der Waals surface area contributed by atoms with Gasteiger partial charge in [-0.15, -0.1) is 0 Å². The summed E-state index contributed by atoms with van der Waals surface area (Å²) in [7, 11) is -5.55. The van der Waals surface area contributed by atoms with Gasteiger partial charge < -0.3 is 31.2 Å². The van der Waals surface area contributed by atoms with E-state index >= 15 is 8.78 Å². The van der Waals surface area contributed by atoms with Crippen molar-refractivity contribution in [2.24, 2.45) is 16.6 Å². The van der Waals surface area contributed by atoms with Crippen molar-refractivity contribution in [3.05, 3.63) is 70.8 Å². The maximum absolute atomic E-state index is 16.0. The summed E-state index contributed by atoms with van der Waals surface area (Å²) in [5.41, 5.74) is 0.775.